The van der Waals surface area contributed by atoms with E-state index >= 15 is 0 Å². The largest absolute Gasteiger partial charge is 0.481 e. The van der Waals surface area contributed by atoms with E-state index in [1.54, 1.807) is 51.1 Å². The van der Waals surface area contributed by atoms with Crippen LogP contribution in [0.25, 0.3) is 0 Å². The van der Waals surface area contributed by atoms with E-state index in [1.165, 1.54) is 0 Å². The van der Waals surface area contributed by atoms with Gasteiger partial charge in [0.15, 0.2) is 0 Å². The van der Waals surface area contributed by atoms with Gasteiger partial charge in [0, 0.05) is 12.8 Å². The molecule has 1 unspecified atom stereocenters. The molecule has 1 aromatic rings. The van der Waals surface area contributed by atoms with E-state index < -0.39 is 90.7 Å². The van der Waals surface area contributed by atoms with Gasteiger partial charge in [0.1, 0.15) is 23.7 Å². The molecule has 0 bridgehead atoms. The molecule has 3 amide bonds. The molecule has 15 nitrogen and oxygen atoms in total. The summed E-state index contributed by atoms with van der Waals surface area (Å²) in [6, 6.07) is 4.25. The summed E-state index contributed by atoms with van der Waals surface area (Å²) < 4.78 is 19.3. The van der Waals surface area contributed by atoms with Gasteiger partial charge < -0.3 is 35.1 Å². The molecule has 1 aromatic carbocycles. The van der Waals surface area contributed by atoms with Crippen LogP contribution in [0.5, 0.6) is 0 Å². The third-order valence-electron chi connectivity index (χ3n) is 6.50. The molecule has 45 heavy (non-hydrogen) atoms. The third-order valence-corrected chi connectivity index (χ3v) is 6.50. The molecule has 0 aliphatic carbocycles. The van der Waals surface area contributed by atoms with Crippen LogP contribution in [0.4, 0.5) is 4.79 Å². The lowest BCUT2D eigenvalue weighted by atomic mass is 9.91. The number of imide groups is 1. The Balaban J connectivity index is 3.40. The van der Waals surface area contributed by atoms with E-state index in [9.17, 15) is 38.7 Å². The number of aliphatic carboxylic acids is 1. The van der Waals surface area contributed by atoms with Crippen molar-refractivity contribution in [2.75, 3.05) is 21.3 Å². The number of alkyl carbamates (subject to hydrolysis) is 1. The summed E-state index contributed by atoms with van der Waals surface area (Å²) in [5.74, 6) is -7.23. The Bertz CT molecular complexity index is 1200. The van der Waals surface area contributed by atoms with Gasteiger partial charge in [0.2, 0.25) is 11.8 Å². The van der Waals surface area contributed by atoms with E-state index in [0.717, 1.165) is 21.3 Å². The minimum absolute atomic E-state index is 0.0304. The van der Waals surface area contributed by atoms with Crippen molar-refractivity contribution in [3.05, 3.63) is 35.9 Å². The first-order chi connectivity index (χ1) is 21.0. The summed E-state index contributed by atoms with van der Waals surface area (Å²) in [4.78, 5) is 89.5. The van der Waals surface area contributed by atoms with Crippen LogP contribution in [0.2, 0.25) is 0 Å². The van der Waals surface area contributed by atoms with E-state index in [1.807, 2.05) is 0 Å². The smallest absolute Gasteiger partial charge is 0.408 e. The number of nitrogens with zero attached hydrogens (tertiary/aromatic N) is 1. The predicted molar refractivity (Wildman–Crippen MR) is 157 cm³/mol. The topological polar surface area (TPSA) is 218 Å². The van der Waals surface area contributed by atoms with Gasteiger partial charge in [-0.2, -0.15) is 0 Å². The van der Waals surface area contributed by atoms with E-state index in [0.29, 0.717) is 10.5 Å². The van der Waals surface area contributed by atoms with Crippen molar-refractivity contribution < 1.29 is 57.6 Å². The number of rotatable bonds is 16. The Labute approximate surface area is 261 Å². The highest BCUT2D eigenvalue weighted by atomic mass is 16.6. The SMILES string of the molecule is COC(=O)[C@H](CCC(=O)N(C(=O)CC[C@H](N)C(=O)OC)[C@@H](CC(Cc1ccccc1)C(=O)O)C(=O)OC)NC(=O)OC(C)(C)C. The second-order valence-corrected chi connectivity index (χ2v) is 11.1. The molecule has 1 rings (SSSR count). The van der Waals surface area contributed by atoms with Crippen LogP contribution in [0.1, 0.15) is 58.4 Å². The molecule has 0 fully saturated rings. The third kappa shape index (κ3) is 13.3. The number of methoxy groups -OCH3 is 3. The number of amides is 3. The van der Waals surface area contributed by atoms with Crippen molar-refractivity contribution in [2.45, 2.75) is 83.0 Å². The van der Waals surface area contributed by atoms with Crippen molar-refractivity contribution in [3.8, 4) is 0 Å². The fourth-order valence-electron chi connectivity index (χ4n) is 4.27. The molecule has 4 N–H and O–H groups in total. The van der Waals surface area contributed by atoms with Crippen molar-refractivity contribution in [2.24, 2.45) is 11.7 Å². The fourth-order valence-corrected chi connectivity index (χ4v) is 4.27. The normalized spacial score (nSPS) is 13.7. The van der Waals surface area contributed by atoms with E-state index in [-0.39, 0.29) is 19.3 Å². The molecule has 0 heterocycles. The van der Waals surface area contributed by atoms with Crippen LogP contribution in [-0.2, 0) is 54.1 Å². The molecule has 0 saturated heterocycles. The molecule has 250 valence electrons. The van der Waals surface area contributed by atoms with Gasteiger partial charge in [-0.15, -0.1) is 0 Å². The number of carboxylic acid groups (broad SMARTS) is 1. The summed E-state index contributed by atoms with van der Waals surface area (Å²) in [7, 11) is 3.19. The van der Waals surface area contributed by atoms with E-state index in [2.05, 4.69) is 10.1 Å². The molecule has 0 saturated carbocycles. The number of carbonyl (C=O) groups excluding carboxylic acids is 6. The molecule has 0 aliphatic rings. The zero-order chi connectivity index (χ0) is 34.3. The number of carbonyl (C=O) groups is 7. The van der Waals surface area contributed by atoms with Gasteiger partial charge in [-0.25, -0.2) is 14.4 Å². The number of ether oxygens (including phenoxy) is 4. The standard InChI is InChI=1S/C30H43N3O12/c1-30(2,3)45-29(41)32-21(27(39)43-5)13-15-24(35)33(23(34)14-12-20(31)26(38)42-4)22(28(40)44-6)17-19(25(36)37)16-18-10-8-7-9-11-18/h7-11,19-22H,12-17,31H2,1-6H3,(H,32,41)(H,36,37)/t19?,20-,21-,22-/m0/s1. The highest BCUT2D eigenvalue weighted by Crippen LogP contribution is 2.22. The monoisotopic (exact) mass is 637 g/mol. The zero-order valence-corrected chi connectivity index (χ0v) is 26.4. The van der Waals surface area contributed by atoms with Gasteiger partial charge in [0.05, 0.1) is 27.2 Å². The first-order valence-electron chi connectivity index (χ1n) is 14.1. The molecule has 0 aromatic heterocycles. The van der Waals surface area contributed by atoms with Crippen LogP contribution in [0.3, 0.4) is 0 Å². The summed E-state index contributed by atoms with van der Waals surface area (Å²) in [5, 5.41) is 12.3. The van der Waals surface area contributed by atoms with Crippen molar-refractivity contribution >= 4 is 41.8 Å². The number of hydrogen-bond donors (Lipinski definition) is 3. The molecule has 0 aliphatic heterocycles. The highest BCUT2D eigenvalue weighted by Gasteiger charge is 2.39. The average Bonchev–Trinajstić information content (AvgIpc) is 2.99. The number of benzene rings is 1. The quantitative estimate of drug-likeness (QED) is 0.172. The second-order valence-electron chi connectivity index (χ2n) is 11.1. The lowest BCUT2D eigenvalue weighted by Gasteiger charge is -2.31. The van der Waals surface area contributed by atoms with Crippen LogP contribution < -0.4 is 11.1 Å². The van der Waals surface area contributed by atoms with Crippen LogP contribution in [0.15, 0.2) is 30.3 Å². The van der Waals surface area contributed by atoms with Crippen LogP contribution in [-0.4, -0.2) is 96.8 Å². The number of nitrogens with one attached hydrogen (secondary N) is 1. The zero-order valence-electron chi connectivity index (χ0n) is 26.4. The molecule has 0 spiro atoms. The van der Waals surface area contributed by atoms with Crippen molar-refractivity contribution in [1.82, 2.24) is 10.2 Å². The van der Waals surface area contributed by atoms with E-state index in [4.69, 9.17) is 19.9 Å². The predicted octanol–water partition coefficient (Wildman–Crippen LogP) is 1.34. The molecule has 0 radical (unpaired) electrons. The first-order valence-corrected chi connectivity index (χ1v) is 14.1. The average molecular weight is 638 g/mol. The lowest BCUT2D eigenvalue weighted by molar-refractivity contribution is -0.162. The molecule has 4 atom stereocenters. The fraction of sp³-hybridized carbons (Fsp3) is 0.567. The van der Waals surface area contributed by atoms with Gasteiger partial charge in [-0.05, 0) is 52.0 Å². The molecule has 15 heteroatoms. The first kappa shape index (κ1) is 38.5. The number of carboxylic acids is 1. The van der Waals surface area contributed by atoms with Crippen LogP contribution in [0, 0.1) is 5.92 Å². The summed E-state index contributed by atoms with van der Waals surface area (Å²) in [5.41, 5.74) is 5.49. The Kier molecular flexibility index (Phi) is 15.7. The van der Waals surface area contributed by atoms with Crippen molar-refractivity contribution in [1.29, 1.82) is 0 Å². The Morgan fingerprint density at radius 1 is 0.844 bits per heavy atom. The number of nitrogens with two attached hydrogens (primary N) is 1. The van der Waals surface area contributed by atoms with Gasteiger partial charge in [-0.3, -0.25) is 24.1 Å². The Morgan fingerprint density at radius 2 is 1.38 bits per heavy atom. The maximum Gasteiger partial charge on any atom is 0.408 e. The van der Waals surface area contributed by atoms with Gasteiger partial charge >= 0.3 is 30.0 Å². The molecular weight excluding hydrogens is 594 g/mol. The number of esters is 3. The maximum absolute atomic E-state index is 13.7. The van der Waals surface area contributed by atoms with Crippen molar-refractivity contribution in [3.63, 3.8) is 0 Å². The Hall–Kier alpha value is -4.53. The van der Waals surface area contributed by atoms with Crippen LogP contribution >= 0.6 is 0 Å². The minimum atomic E-state index is -1.69. The maximum atomic E-state index is 13.7. The summed E-state index contributed by atoms with van der Waals surface area (Å²) in [6.07, 6.45) is -3.22. The second kappa shape index (κ2) is 18.3. The minimum Gasteiger partial charge on any atom is -0.481 e. The summed E-state index contributed by atoms with van der Waals surface area (Å²) >= 11 is 0. The number of hydrogen-bond acceptors (Lipinski definition) is 12. The van der Waals surface area contributed by atoms with Gasteiger partial charge in [-0.1, -0.05) is 30.3 Å². The summed E-state index contributed by atoms with van der Waals surface area (Å²) in [6.45, 7) is 4.82. The lowest BCUT2D eigenvalue weighted by Crippen LogP contribution is -2.51. The van der Waals surface area contributed by atoms with Gasteiger partial charge in [0.25, 0.3) is 0 Å². The highest BCUT2D eigenvalue weighted by molar-refractivity contribution is 6.00. The molecular formula is C30H43N3O12. The Morgan fingerprint density at radius 3 is 1.87 bits per heavy atom.